The second kappa shape index (κ2) is 4.06. The van der Waals surface area contributed by atoms with Crippen molar-refractivity contribution in [3.63, 3.8) is 0 Å². The largest absolute Gasteiger partial charge is 0.389 e. The SMILES string of the molecule is CC1CCC(C2=CC(O)CC2)CC1C. The summed E-state index contributed by atoms with van der Waals surface area (Å²) in [6.07, 6.45) is 8.17. The predicted molar refractivity (Wildman–Crippen MR) is 59.0 cm³/mol. The Bertz CT molecular complexity index is 231. The fraction of sp³-hybridized carbons (Fsp3) is 0.846. The minimum absolute atomic E-state index is 0.139. The van der Waals surface area contributed by atoms with Gasteiger partial charge in [-0.25, -0.2) is 0 Å². The van der Waals surface area contributed by atoms with Crippen LogP contribution in [0.4, 0.5) is 0 Å². The highest BCUT2D eigenvalue weighted by Gasteiger charge is 2.28. The van der Waals surface area contributed by atoms with Crippen molar-refractivity contribution in [2.24, 2.45) is 17.8 Å². The molecule has 0 aromatic rings. The zero-order valence-corrected chi connectivity index (χ0v) is 9.37. The van der Waals surface area contributed by atoms with Gasteiger partial charge in [0.25, 0.3) is 0 Å². The lowest BCUT2D eigenvalue weighted by atomic mass is 9.73. The number of rotatable bonds is 1. The fourth-order valence-corrected chi connectivity index (χ4v) is 2.95. The van der Waals surface area contributed by atoms with E-state index in [0.29, 0.717) is 0 Å². The molecule has 1 nitrogen and oxygen atoms in total. The first-order chi connectivity index (χ1) is 6.66. The lowest BCUT2D eigenvalue weighted by molar-refractivity contribution is 0.222. The molecule has 14 heavy (non-hydrogen) atoms. The average Bonchev–Trinajstić information content (AvgIpc) is 2.57. The van der Waals surface area contributed by atoms with E-state index in [-0.39, 0.29) is 6.10 Å². The number of allylic oxidation sites excluding steroid dienone is 1. The van der Waals surface area contributed by atoms with E-state index >= 15 is 0 Å². The molecule has 0 amide bonds. The molecule has 2 aliphatic rings. The molecule has 80 valence electrons. The monoisotopic (exact) mass is 194 g/mol. The standard InChI is InChI=1S/C13H22O/c1-9-3-4-11(7-10(9)2)12-5-6-13(14)8-12/h8-11,13-14H,3-7H2,1-2H3. The van der Waals surface area contributed by atoms with Crippen molar-refractivity contribution in [2.45, 2.75) is 52.1 Å². The minimum Gasteiger partial charge on any atom is -0.389 e. The molecule has 1 fully saturated rings. The first kappa shape index (κ1) is 10.2. The molecule has 0 bridgehead atoms. The van der Waals surface area contributed by atoms with E-state index in [1.54, 1.807) is 5.57 Å². The summed E-state index contributed by atoms with van der Waals surface area (Å²) in [5, 5.41) is 9.47. The summed E-state index contributed by atoms with van der Waals surface area (Å²) >= 11 is 0. The smallest absolute Gasteiger partial charge is 0.0726 e. The Kier molecular flexibility index (Phi) is 2.96. The van der Waals surface area contributed by atoms with Gasteiger partial charge in [0.2, 0.25) is 0 Å². The van der Waals surface area contributed by atoms with Gasteiger partial charge in [0.15, 0.2) is 0 Å². The van der Waals surface area contributed by atoms with Gasteiger partial charge in [-0.3, -0.25) is 0 Å². The van der Waals surface area contributed by atoms with Crippen LogP contribution in [0.25, 0.3) is 0 Å². The quantitative estimate of drug-likeness (QED) is 0.636. The van der Waals surface area contributed by atoms with Gasteiger partial charge < -0.3 is 5.11 Å². The molecule has 1 saturated carbocycles. The first-order valence-corrected chi connectivity index (χ1v) is 6.05. The van der Waals surface area contributed by atoms with Crippen LogP contribution in [0, 0.1) is 17.8 Å². The Balaban J connectivity index is 1.96. The van der Waals surface area contributed by atoms with Crippen LogP contribution < -0.4 is 0 Å². The molecule has 0 radical (unpaired) electrons. The number of hydrogen-bond acceptors (Lipinski definition) is 1. The summed E-state index contributed by atoms with van der Waals surface area (Å²) in [5.74, 6) is 2.56. The van der Waals surface area contributed by atoms with E-state index in [0.717, 1.165) is 30.6 Å². The lowest BCUT2D eigenvalue weighted by Gasteiger charge is -2.32. The van der Waals surface area contributed by atoms with Gasteiger partial charge in [0, 0.05) is 0 Å². The van der Waals surface area contributed by atoms with E-state index in [9.17, 15) is 5.11 Å². The van der Waals surface area contributed by atoms with Crippen LogP contribution in [0.2, 0.25) is 0 Å². The molecular weight excluding hydrogens is 172 g/mol. The van der Waals surface area contributed by atoms with Crippen LogP contribution in [-0.2, 0) is 0 Å². The summed E-state index contributed by atoms with van der Waals surface area (Å²) in [6.45, 7) is 4.75. The molecule has 4 atom stereocenters. The number of hydrogen-bond donors (Lipinski definition) is 1. The topological polar surface area (TPSA) is 20.2 Å². The van der Waals surface area contributed by atoms with Gasteiger partial charge in [-0.15, -0.1) is 0 Å². The van der Waals surface area contributed by atoms with E-state index in [1.165, 1.54) is 19.3 Å². The predicted octanol–water partition coefficient (Wildman–Crippen LogP) is 3.14. The summed E-state index contributed by atoms with van der Waals surface area (Å²) in [6, 6.07) is 0. The van der Waals surface area contributed by atoms with Crippen molar-refractivity contribution in [1.82, 2.24) is 0 Å². The Morgan fingerprint density at radius 1 is 1.14 bits per heavy atom. The minimum atomic E-state index is -0.139. The Hall–Kier alpha value is -0.300. The third kappa shape index (κ3) is 2.03. The van der Waals surface area contributed by atoms with Crippen LogP contribution in [0.5, 0.6) is 0 Å². The maximum atomic E-state index is 9.47. The van der Waals surface area contributed by atoms with Gasteiger partial charge >= 0.3 is 0 Å². The Morgan fingerprint density at radius 2 is 1.93 bits per heavy atom. The first-order valence-electron chi connectivity index (χ1n) is 6.05. The van der Waals surface area contributed by atoms with Gasteiger partial charge in [0.1, 0.15) is 0 Å². The number of aliphatic hydroxyl groups excluding tert-OH is 1. The maximum absolute atomic E-state index is 9.47. The van der Waals surface area contributed by atoms with Crippen LogP contribution in [0.1, 0.15) is 46.0 Å². The molecule has 0 saturated heterocycles. The van der Waals surface area contributed by atoms with Gasteiger partial charge in [-0.2, -0.15) is 0 Å². The molecule has 1 heteroatoms. The van der Waals surface area contributed by atoms with Crippen molar-refractivity contribution in [2.75, 3.05) is 0 Å². The second-order valence-electron chi connectivity index (χ2n) is 5.31. The third-order valence-corrected chi connectivity index (χ3v) is 4.26. The highest BCUT2D eigenvalue weighted by molar-refractivity contribution is 5.16. The van der Waals surface area contributed by atoms with E-state index < -0.39 is 0 Å². The van der Waals surface area contributed by atoms with Crippen LogP contribution in [0.15, 0.2) is 11.6 Å². The summed E-state index contributed by atoms with van der Waals surface area (Å²) < 4.78 is 0. The van der Waals surface area contributed by atoms with E-state index in [4.69, 9.17) is 0 Å². The van der Waals surface area contributed by atoms with E-state index in [1.807, 2.05) is 0 Å². The highest BCUT2D eigenvalue weighted by atomic mass is 16.3. The molecule has 0 aromatic heterocycles. The van der Waals surface area contributed by atoms with Crippen molar-refractivity contribution < 1.29 is 5.11 Å². The van der Waals surface area contributed by atoms with Gasteiger partial charge in [-0.1, -0.05) is 25.5 Å². The molecular formula is C13H22O. The zero-order valence-electron chi connectivity index (χ0n) is 9.37. The fourth-order valence-electron chi connectivity index (χ4n) is 2.95. The highest BCUT2D eigenvalue weighted by Crippen LogP contribution is 2.40. The maximum Gasteiger partial charge on any atom is 0.0726 e. The Morgan fingerprint density at radius 3 is 2.50 bits per heavy atom. The molecule has 1 N–H and O–H groups in total. The van der Waals surface area contributed by atoms with Crippen molar-refractivity contribution in [3.8, 4) is 0 Å². The van der Waals surface area contributed by atoms with E-state index in [2.05, 4.69) is 19.9 Å². The summed E-state index contributed by atoms with van der Waals surface area (Å²) in [5.41, 5.74) is 1.55. The van der Waals surface area contributed by atoms with Crippen molar-refractivity contribution >= 4 is 0 Å². The van der Waals surface area contributed by atoms with Crippen LogP contribution >= 0.6 is 0 Å². The number of aliphatic hydroxyl groups is 1. The molecule has 0 aliphatic heterocycles. The molecule has 0 aromatic carbocycles. The summed E-state index contributed by atoms with van der Waals surface area (Å²) in [7, 11) is 0. The van der Waals surface area contributed by atoms with Crippen LogP contribution in [0.3, 0.4) is 0 Å². The normalized spacial score (nSPS) is 43.8. The van der Waals surface area contributed by atoms with Gasteiger partial charge in [0.05, 0.1) is 6.10 Å². The molecule has 0 heterocycles. The van der Waals surface area contributed by atoms with Crippen LogP contribution in [-0.4, -0.2) is 11.2 Å². The average molecular weight is 194 g/mol. The van der Waals surface area contributed by atoms with Gasteiger partial charge in [-0.05, 0) is 49.9 Å². The third-order valence-electron chi connectivity index (χ3n) is 4.26. The van der Waals surface area contributed by atoms with Crippen molar-refractivity contribution in [3.05, 3.63) is 11.6 Å². The molecule has 2 rings (SSSR count). The molecule has 4 unspecified atom stereocenters. The summed E-state index contributed by atoms with van der Waals surface area (Å²) in [4.78, 5) is 0. The molecule has 2 aliphatic carbocycles. The Labute approximate surface area is 87.2 Å². The second-order valence-corrected chi connectivity index (χ2v) is 5.31. The zero-order chi connectivity index (χ0) is 10.1. The lowest BCUT2D eigenvalue weighted by Crippen LogP contribution is -2.21. The van der Waals surface area contributed by atoms with Crippen molar-refractivity contribution in [1.29, 1.82) is 0 Å². The molecule has 0 spiro atoms.